The lowest BCUT2D eigenvalue weighted by molar-refractivity contribution is 0.352. The average Bonchev–Trinajstić information content (AvgIpc) is 2.17. The van der Waals surface area contributed by atoms with E-state index < -0.39 is 0 Å². The van der Waals surface area contributed by atoms with Crippen LogP contribution in [0.5, 0.6) is 11.5 Å². The van der Waals surface area contributed by atoms with Gasteiger partial charge in [0.25, 0.3) is 0 Å². The second-order valence-electron chi connectivity index (χ2n) is 2.84. The first-order valence-electron chi connectivity index (χ1n) is 4.28. The molecule has 0 aromatic heterocycles. The number of rotatable bonds is 4. The van der Waals surface area contributed by atoms with Gasteiger partial charge in [-0.3, -0.25) is 0 Å². The van der Waals surface area contributed by atoms with E-state index in [1.807, 2.05) is 19.2 Å². The molecule has 0 radical (unpaired) electrons. The molecule has 14 heavy (non-hydrogen) atoms. The summed E-state index contributed by atoms with van der Waals surface area (Å²) < 4.78 is 11.3. The minimum atomic E-state index is 0.729. The molecule has 1 rings (SSSR count). The van der Waals surface area contributed by atoms with Crippen molar-refractivity contribution in [2.24, 2.45) is 0 Å². The van der Waals surface area contributed by atoms with E-state index in [2.05, 4.69) is 21.2 Å². The van der Waals surface area contributed by atoms with Crippen molar-refractivity contribution in [3.8, 4) is 11.5 Å². The highest BCUT2D eigenvalue weighted by atomic mass is 79.9. The van der Waals surface area contributed by atoms with Crippen molar-refractivity contribution in [2.45, 2.75) is 6.54 Å². The van der Waals surface area contributed by atoms with E-state index in [1.165, 1.54) is 0 Å². The molecule has 0 amide bonds. The standard InChI is InChI=1S/C10H14BrNO2/c1-12-6-7-4-8(11)10(14-3)9(5-7)13-2/h4-5,12H,6H2,1-3H3. The van der Waals surface area contributed by atoms with Gasteiger partial charge >= 0.3 is 0 Å². The molecule has 1 aromatic carbocycles. The molecule has 1 N–H and O–H groups in total. The van der Waals surface area contributed by atoms with Crippen molar-refractivity contribution in [1.82, 2.24) is 5.32 Å². The monoisotopic (exact) mass is 259 g/mol. The number of ether oxygens (including phenoxy) is 2. The van der Waals surface area contributed by atoms with Crippen LogP contribution in [0.4, 0.5) is 0 Å². The van der Waals surface area contributed by atoms with Crippen LogP contribution in [0.3, 0.4) is 0 Å². The van der Waals surface area contributed by atoms with Crippen molar-refractivity contribution in [1.29, 1.82) is 0 Å². The summed E-state index contributed by atoms with van der Waals surface area (Å²) in [5.41, 5.74) is 1.15. The Hall–Kier alpha value is -0.740. The largest absolute Gasteiger partial charge is 0.493 e. The predicted octanol–water partition coefficient (Wildman–Crippen LogP) is 2.19. The molecule has 0 heterocycles. The zero-order valence-electron chi connectivity index (χ0n) is 8.56. The Labute approximate surface area is 92.5 Å². The number of nitrogens with one attached hydrogen (secondary N) is 1. The van der Waals surface area contributed by atoms with Gasteiger partial charge in [-0.25, -0.2) is 0 Å². The molecule has 0 bridgehead atoms. The third-order valence-corrected chi connectivity index (χ3v) is 2.46. The van der Waals surface area contributed by atoms with Crippen molar-refractivity contribution in [2.75, 3.05) is 21.3 Å². The summed E-state index contributed by atoms with van der Waals surface area (Å²) in [7, 11) is 5.17. The molecule has 0 unspecified atom stereocenters. The Bertz CT molecular complexity index is 315. The second kappa shape index (κ2) is 5.22. The zero-order valence-corrected chi connectivity index (χ0v) is 10.1. The molecular weight excluding hydrogens is 246 g/mol. The van der Waals surface area contributed by atoms with Crippen LogP contribution in [0.15, 0.2) is 16.6 Å². The predicted molar refractivity (Wildman–Crippen MR) is 60.0 cm³/mol. The van der Waals surface area contributed by atoms with Crippen LogP contribution >= 0.6 is 15.9 Å². The van der Waals surface area contributed by atoms with Crippen molar-refractivity contribution in [3.63, 3.8) is 0 Å². The third kappa shape index (κ3) is 2.39. The summed E-state index contributed by atoms with van der Waals surface area (Å²) in [6.45, 7) is 0.805. The summed E-state index contributed by atoms with van der Waals surface area (Å²) in [6.07, 6.45) is 0. The van der Waals surface area contributed by atoms with Gasteiger partial charge in [0.05, 0.1) is 18.7 Å². The van der Waals surface area contributed by atoms with E-state index in [0.717, 1.165) is 28.1 Å². The van der Waals surface area contributed by atoms with Gasteiger partial charge in [-0.05, 0) is 40.7 Å². The summed E-state index contributed by atoms with van der Waals surface area (Å²) in [5, 5.41) is 3.08. The maximum atomic E-state index is 5.22. The first-order valence-corrected chi connectivity index (χ1v) is 5.07. The number of hydrogen-bond acceptors (Lipinski definition) is 3. The van der Waals surface area contributed by atoms with Gasteiger partial charge in [-0.1, -0.05) is 0 Å². The van der Waals surface area contributed by atoms with Crippen molar-refractivity contribution >= 4 is 15.9 Å². The first kappa shape index (κ1) is 11.3. The van der Waals surface area contributed by atoms with Crippen molar-refractivity contribution in [3.05, 3.63) is 22.2 Å². The van der Waals surface area contributed by atoms with Gasteiger partial charge in [0.1, 0.15) is 0 Å². The van der Waals surface area contributed by atoms with Crippen LogP contribution in [0.1, 0.15) is 5.56 Å². The summed E-state index contributed by atoms with van der Waals surface area (Å²) in [5.74, 6) is 1.47. The number of methoxy groups -OCH3 is 2. The Morgan fingerprint density at radius 1 is 1.29 bits per heavy atom. The molecular formula is C10H14BrNO2. The van der Waals surface area contributed by atoms with E-state index in [4.69, 9.17) is 9.47 Å². The minimum Gasteiger partial charge on any atom is -0.493 e. The summed E-state index contributed by atoms with van der Waals surface area (Å²) in [4.78, 5) is 0. The number of benzene rings is 1. The topological polar surface area (TPSA) is 30.5 Å². The number of hydrogen-bond donors (Lipinski definition) is 1. The minimum absolute atomic E-state index is 0.729. The van der Waals surface area contributed by atoms with Crippen LogP contribution in [0.2, 0.25) is 0 Å². The normalized spacial score (nSPS) is 10.0. The second-order valence-corrected chi connectivity index (χ2v) is 3.70. The summed E-state index contributed by atoms with van der Waals surface area (Å²) >= 11 is 3.44. The highest BCUT2D eigenvalue weighted by Gasteiger charge is 2.09. The maximum absolute atomic E-state index is 5.22. The van der Waals surface area contributed by atoms with Gasteiger partial charge in [0, 0.05) is 6.54 Å². The molecule has 0 saturated carbocycles. The van der Waals surface area contributed by atoms with Crippen molar-refractivity contribution < 1.29 is 9.47 Å². The highest BCUT2D eigenvalue weighted by molar-refractivity contribution is 9.10. The van der Waals surface area contributed by atoms with Gasteiger partial charge < -0.3 is 14.8 Å². The highest BCUT2D eigenvalue weighted by Crippen LogP contribution is 2.36. The molecule has 0 saturated heterocycles. The fourth-order valence-electron chi connectivity index (χ4n) is 1.28. The van der Waals surface area contributed by atoms with E-state index in [1.54, 1.807) is 14.2 Å². The van der Waals surface area contributed by atoms with Gasteiger partial charge in [0.2, 0.25) is 0 Å². The lowest BCUT2D eigenvalue weighted by atomic mass is 10.2. The zero-order chi connectivity index (χ0) is 10.6. The Kier molecular flexibility index (Phi) is 4.22. The van der Waals surface area contributed by atoms with E-state index >= 15 is 0 Å². The van der Waals surface area contributed by atoms with E-state index in [0.29, 0.717) is 0 Å². The molecule has 1 aromatic rings. The summed E-state index contributed by atoms with van der Waals surface area (Å²) in [6, 6.07) is 3.97. The Balaban J connectivity index is 3.10. The van der Waals surface area contributed by atoms with Gasteiger partial charge in [-0.2, -0.15) is 0 Å². The molecule has 0 spiro atoms. The Morgan fingerprint density at radius 3 is 2.50 bits per heavy atom. The van der Waals surface area contributed by atoms with E-state index in [-0.39, 0.29) is 0 Å². The molecule has 3 nitrogen and oxygen atoms in total. The molecule has 0 aliphatic carbocycles. The first-order chi connectivity index (χ1) is 6.72. The molecule has 4 heteroatoms. The molecule has 0 atom stereocenters. The van der Waals surface area contributed by atoms with Crippen LogP contribution < -0.4 is 14.8 Å². The molecule has 0 fully saturated rings. The van der Waals surface area contributed by atoms with Crippen LogP contribution in [-0.4, -0.2) is 21.3 Å². The molecule has 78 valence electrons. The lowest BCUT2D eigenvalue weighted by Gasteiger charge is -2.11. The molecule has 0 aliphatic rings. The van der Waals surface area contributed by atoms with Crippen LogP contribution in [-0.2, 0) is 6.54 Å². The fourth-order valence-corrected chi connectivity index (χ4v) is 1.93. The van der Waals surface area contributed by atoms with Gasteiger partial charge in [-0.15, -0.1) is 0 Å². The van der Waals surface area contributed by atoms with Gasteiger partial charge in [0.15, 0.2) is 11.5 Å². The average molecular weight is 260 g/mol. The smallest absolute Gasteiger partial charge is 0.174 e. The van der Waals surface area contributed by atoms with Crippen LogP contribution in [0.25, 0.3) is 0 Å². The van der Waals surface area contributed by atoms with Crippen LogP contribution in [0, 0.1) is 0 Å². The third-order valence-electron chi connectivity index (χ3n) is 1.87. The fraction of sp³-hybridized carbons (Fsp3) is 0.400. The SMILES string of the molecule is CNCc1cc(Br)c(OC)c(OC)c1. The lowest BCUT2D eigenvalue weighted by Crippen LogP contribution is -2.05. The quantitative estimate of drug-likeness (QED) is 0.900. The Morgan fingerprint density at radius 2 is 2.00 bits per heavy atom. The maximum Gasteiger partial charge on any atom is 0.174 e. The van der Waals surface area contributed by atoms with E-state index in [9.17, 15) is 0 Å². The molecule has 0 aliphatic heterocycles. The number of halogens is 1.